The topological polar surface area (TPSA) is 91.0 Å². The van der Waals surface area contributed by atoms with Crippen molar-refractivity contribution in [3.05, 3.63) is 46.4 Å². The van der Waals surface area contributed by atoms with Crippen molar-refractivity contribution in [1.29, 1.82) is 0 Å². The first-order chi connectivity index (χ1) is 14.7. The number of hydrogen-bond donors (Lipinski definition) is 1. The van der Waals surface area contributed by atoms with E-state index in [1.807, 2.05) is 50.8 Å². The van der Waals surface area contributed by atoms with Gasteiger partial charge in [0.05, 0.1) is 17.4 Å². The zero-order valence-electron chi connectivity index (χ0n) is 17.9. The van der Waals surface area contributed by atoms with Crippen molar-refractivity contribution in [1.82, 2.24) is 19.3 Å². The molecule has 0 atom stereocenters. The summed E-state index contributed by atoms with van der Waals surface area (Å²) in [5.41, 5.74) is 2.04. The van der Waals surface area contributed by atoms with Gasteiger partial charge in [-0.1, -0.05) is 23.9 Å². The van der Waals surface area contributed by atoms with Crippen LogP contribution in [0.2, 0.25) is 0 Å². The Morgan fingerprint density at radius 1 is 1.32 bits per heavy atom. The van der Waals surface area contributed by atoms with Crippen LogP contribution in [0.15, 0.2) is 39.6 Å². The van der Waals surface area contributed by atoms with Crippen molar-refractivity contribution in [3.63, 3.8) is 0 Å². The fraction of sp³-hybridized carbons (Fsp3) is 0.333. The second-order valence-electron chi connectivity index (χ2n) is 8.09. The predicted molar refractivity (Wildman–Crippen MR) is 125 cm³/mol. The molecule has 0 aliphatic carbocycles. The van der Waals surface area contributed by atoms with Gasteiger partial charge in [0.2, 0.25) is 0 Å². The van der Waals surface area contributed by atoms with Gasteiger partial charge in [-0.2, -0.15) is 5.10 Å². The van der Waals surface area contributed by atoms with Crippen LogP contribution >= 0.6 is 23.1 Å². The van der Waals surface area contributed by atoms with Gasteiger partial charge in [0.1, 0.15) is 11.1 Å². The summed E-state index contributed by atoms with van der Waals surface area (Å²) in [6, 6.07) is 7.28. The number of amides is 1. The highest BCUT2D eigenvalue weighted by Crippen LogP contribution is 2.34. The predicted octanol–water partition coefficient (Wildman–Crippen LogP) is 4.46. The summed E-state index contributed by atoms with van der Waals surface area (Å²) >= 11 is 3.15. The van der Waals surface area contributed by atoms with Crippen LogP contribution in [-0.2, 0) is 18.3 Å². The van der Waals surface area contributed by atoms with E-state index < -0.39 is 11.7 Å². The highest BCUT2D eigenvalue weighted by atomic mass is 32.2. The summed E-state index contributed by atoms with van der Waals surface area (Å²) in [6.45, 7) is 5.70. The number of rotatable bonds is 4. The number of nitrogens with zero attached hydrogens (tertiary/aromatic N) is 4. The Morgan fingerprint density at radius 3 is 2.81 bits per heavy atom. The van der Waals surface area contributed by atoms with Crippen molar-refractivity contribution in [2.75, 3.05) is 11.6 Å². The molecule has 162 valence electrons. The molecule has 8 nitrogen and oxygen atoms in total. The van der Waals surface area contributed by atoms with Gasteiger partial charge < -0.3 is 9.30 Å². The third-order valence-corrected chi connectivity index (χ3v) is 6.65. The summed E-state index contributed by atoms with van der Waals surface area (Å²) < 4.78 is 10.5. The summed E-state index contributed by atoms with van der Waals surface area (Å²) in [4.78, 5) is 29.8. The zero-order valence-corrected chi connectivity index (χ0v) is 19.6. The van der Waals surface area contributed by atoms with E-state index in [2.05, 4.69) is 15.4 Å². The van der Waals surface area contributed by atoms with Gasteiger partial charge >= 0.3 is 6.09 Å². The van der Waals surface area contributed by atoms with Crippen LogP contribution in [0, 0.1) is 0 Å². The van der Waals surface area contributed by atoms with Crippen LogP contribution in [0.4, 0.5) is 10.5 Å². The fourth-order valence-electron chi connectivity index (χ4n) is 3.31. The molecule has 3 heterocycles. The largest absolute Gasteiger partial charge is 0.444 e. The zero-order chi connectivity index (χ0) is 22.3. The van der Waals surface area contributed by atoms with E-state index in [0.717, 1.165) is 25.6 Å². The van der Waals surface area contributed by atoms with Crippen LogP contribution in [0.5, 0.6) is 0 Å². The van der Waals surface area contributed by atoms with Crippen LogP contribution in [0.3, 0.4) is 0 Å². The smallest absolute Gasteiger partial charge is 0.412 e. The molecule has 0 saturated heterocycles. The average Bonchev–Trinajstić information content (AvgIpc) is 3.22. The van der Waals surface area contributed by atoms with Gasteiger partial charge in [-0.05, 0) is 44.7 Å². The maximum atomic E-state index is 13.2. The SMILES string of the molecule is CSc1nc2c(s1)c1cnn(Cc3cccc(NC(=O)OC(C)(C)C)c3)c(=O)c1n2C. The lowest BCUT2D eigenvalue weighted by Crippen LogP contribution is -2.27. The van der Waals surface area contributed by atoms with E-state index >= 15 is 0 Å². The molecule has 4 rings (SSSR count). The fourth-order valence-corrected chi connectivity index (χ4v) is 4.91. The monoisotopic (exact) mass is 457 g/mol. The lowest BCUT2D eigenvalue weighted by atomic mass is 10.2. The molecular weight excluding hydrogens is 434 g/mol. The highest BCUT2D eigenvalue weighted by molar-refractivity contribution is 8.00. The Balaban J connectivity index is 1.63. The van der Waals surface area contributed by atoms with E-state index in [9.17, 15) is 9.59 Å². The van der Waals surface area contributed by atoms with E-state index in [0.29, 0.717) is 11.2 Å². The number of carbonyl (C=O) groups is 1. The molecule has 4 aromatic rings. The number of benzene rings is 1. The lowest BCUT2D eigenvalue weighted by molar-refractivity contribution is 0.0636. The number of nitrogens with one attached hydrogen (secondary N) is 1. The molecule has 0 aliphatic rings. The molecule has 3 aromatic heterocycles. The lowest BCUT2D eigenvalue weighted by Gasteiger charge is -2.19. The van der Waals surface area contributed by atoms with Crippen LogP contribution in [0.25, 0.3) is 21.3 Å². The Hall–Kier alpha value is -2.85. The molecule has 0 saturated carbocycles. The van der Waals surface area contributed by atoms with Crippen molar-refractivity contribution < 1.29 is 9.53 Å². The van der Waals surface area contributed by atoms with Gasteiger partial charge in [-0.3, -0.25) is 10.1 Å². The molecule has 1 amide bonds. The first-order valence-corrected chi connectivity index (χ1v) is 11.7. The standard InChI is InChI=1S/C21H23N5O3S2/c1-21(2,3)29-19(28)23-13-8-6-7-12(9-13)11-26-18(27)15-14(10-22-26)16-17(25(15)4)24-20(30-5)31-16/h6-10H,11H2,1-5H3,(H,23,28). The number of fused-ring (bicyclic) bond motifs is 3. The van der Waals surface area contributed by atoms with Crippen molar-refractivity contribution in [3.8, 4) is 0 Å². The van der Waals surface area contributed by atoms with Crippen LogP contribution in [-0.4, -0.2) is 37.3 Å². The number of hydrogen-bond acceptors (Lipinski definition) is 7. The molecule has 0 bridgehead atoms. The summed E-state index contributed by atoms with van der Waals surface area (Å²) in [6.07, 6.45) is 3.18. The van der Waals surface area contributed by atoms with Gasteiger partial charge in [-0.25, -0.2) is 14.5 Å². The minimum atomic E-state index is -0.581. The van der Waals surface area contributed by atoms with Gasteiger partial charge in [0.25, 0.3) is 5.56 Å². The Labute approximate surface area is 187 Å². The molecule has 31 heavy (non-hydrogen) atoms. The first-order valence-electron chi connectivity index (χ1n) is 9.64. The van der Waals surface area contributed by atoms with Crippen molar-refractivity contribution in [2.45, 2.75) is 37.3 Å². The normalized spacial score (nSPS) is 11.9. The number of anilines is 1. The van der Waals surface area contributed by atoms with Crippen LogP contribution in [0.1, 0.15) is 26.3 Å². The summed E-state index contributed by atoms with van der Waals surface area (Å²) in [5.74, 6) is 0. The second-order valence-corrected chi connectivity index (χ2v) is 10.1. The molecule has 0 spiro atoms. The van der Waals surface area contributed by atoms with E-state index in [4.69, 9.17) is 4.74 Å². The molecule has 0 fully saturated rings. The average molecular weight is 458 g/mol. The molecular formula is C21H23N5O3S2. The van der Waals surface area contributed by atoms with Gasteiger partial charge in [0.15, 0.2) is 9.99 Å². The molecule has 10 heteroatoms. The highest BCUT2D eigenvalue weighted by Gasteiger charge is 2.19. The van der Waals surface area contributed by atoms with E-state index in [-0.39, 0.29) is 12.1 Å². The number of ether oxygens (including phenoxy) is 1. The molecule has 0 aliphatic heterocycles. The molecule has 1 N–H and O–H groups in total. The van der Waals surface area contributed by atoms with Gasteiger partial charge in [-0.15, -0.1) is 11.3 Å². The Bertz CT molecular complexity index is 1350. The number of thioether (sulfide) groups is 1. The summed E-state index contributed by atoms with van der Waals surface area (Å²) in [5, 5.41) is 7.93. The Kier molecular flexibility index (Phi) is 5.52. The number of carbonyl (C=O) groups excluding carboxylic acids is 1. The van der Waals surface area contributed by atoms with E-state index in [1.54, 1.807) is 41.4 Å². The first kappa shape index (κ1) is 21.4. The number of aromatic nitrogens is 4. The number of thiazole rings is 1. The minimum absolute atomic E-state index is 0.179. The molecule has 0 radical (unpaired) electrons. The van der Waals surface area contributed by atoms with Crippen LogP contribution < -0.4 is 10.9 Å². The molecule has 1 aromatic carbocycles. The van der Waals surface area contributed by atoms with E-state index in [1.165, 1.54) is 4.68 Å². The Morgan fingerprint density at radius 2 is 2.10 bits per heavy atom. The second kappa shape index (κ2) is 8.01. The molecule has 0 unspecified atom stereocenters. The maximum absolute atomic E-state index is 13.2. The summed E-state index contributed by atoms with van der Waals surface area (Å²) in [7, 11) is 1.85. The van der Waals surface area contributed by atoms with Crippen molar-refractivity contribution in [2.24, 2.45) is 7.05 Å². The van der Waals surface area contributed by atoms with Gasteiger partial charge in [0, 0.05) is 18.1 Å². The third kappa shape index (κ3) is 4.31. The minimum Gasteiger partial charge on any atom is -0.444 e. The maximum Gasteiger partial charge on any atom is 0.412 e. The van der Waals surface area contributed by atoms with Crippen molar-refractivity contribution >= 4 is 56.1 Å². The number of aryl methyl sites for hydroxylation is 1. The third-order valence-electron chi connectivity index (χ3n) is 4.58. The quantitative estimate of drug-likeness (QED) is 0.455.